The van der Waals surface area contributed by atoms with Crippen LogP contribution in [-0.2, 0) is 20.9 Å². The van der Waals surface area contributed by atoms with Crippen LogP contribution < -0.4 is 4.74 Å². The second-order valence-electron chi connectivity index (χ2n) is 5.04. The van der Waals surface area contributed by atoms with Gasteiger partial charge in [0, 0.05) is 11.1 Å². The number of benzene rings is 2. The number of esters is 1. The molecule has 2 rings (SSSR count). The average Bonchev–Trinajstić information content (AvgIpc) is 2.60. The Hall–Kier alpha value is -3.08. The van der Waals surface area contributed by atoms with Gasteiger partial charge in [-0.3, -0.25) is 4.79 Å². The number of carboxylic acid groups (broad SMARTS) is 1. The Morgan fingerprint density at radius 2 is 1.71 bits per heavy atom. The fourth-order valence-corrected chi connectivity index (χ4v) is 2.13. The van der Waals surface area contributed by atoms with E-state index in [0.717, 1.165) is 5.56 Å². The van der Waals surface area contributed by atoms with Gasteiger partial charge >= 0.3 is 11.9 Å². The maximum Gasteiger partial charge on any atom is 0.334 e. The lowest BCUT2D eigenvalue weighted by molar-refractivity contribution is -0.141. The highest BCUT2D eigenvalue weighted by Gasteiger charge is 2.15. The number of methoxy groups -OCH3 is 1. The monoisotopic (exact) mass is 326 g/mol. The Morgan fingerprint density at radius 3 is 2.38 bits per heavy atom. The Kier molecular flexibility index (Phi) is 6.14. The van der Waals surface area contributed by atoms with Crippen molar-refractivity contribution < 1.29 is 24.2 Å². The third-order valence-corrected chi connectivity index (χ3v) is 3.28. The van der Waals surface area contributed by atoms with Crippen molar-refractivity contribution in [2.45, 2.75) is 13.0 Å². The van der Waals surface area contributed by atoms with Gasteiger partial charge in [-0.25, -0.2) is 4.79 Å². The van der Waals surface area contributed by atoms with Gasteiger partial charge in [-0.1, -0.05) is 48.5 Å². The van der Waals surface area contributed by atoms with Crippen LogP contribution in [0, 0.1) is 0 Å². The largest absolute Gasteiger partial charge is 0.488 e. The standard InChI is InChI=1S/C19H18O5/c1-23-19(22)16(12-18(20)21)11-15-9-5-6-10-17(15)24-13-14-7-3-2-4-8-14/h2-11H,12-13H2,1H3,(H,20,21). The summed E-state index contributed by atoms with van der Waals surface area (Å²) < 4.78 is 10.4. The number of hydrogen-bond donors (Lipinski definition) is 1. The molecular formula is C19H18O5. The summed E-state index contributed by atoms with van der Waals surface area (Å²) in [5.74, 6) is -1.21. The molecule has 0 saturated heterocycles. The highest BCUT2D eigenvalue weighted by atomic mass is 16.5. The van der Waals surface area contributed by atoms with Gasteiger partial charge in [-0.2, -0.15) is 0 Å². The van der Waals surface area contributed by atoms with E-state index in [2.05, 4.69) is 4.74 Å². The highest BCUT2D eigenvalue weighted by Crippen LogP contribution is 2.23. The fraction of sp³-hybridized carbons (Fsp3) is 0.158. The second kappa shape index (κ2) is 8.53. The van der Waals surface area contributed by atoms with Gasteiger partial charge in [0.25, 0.3) is 0 Å². The third-order valence-electron chi connectivity index (χ3n) is 3.28. The van der Waals surface area contributed by atoms with Crippen molar-refractivity contribution in [3.8, 4) is 5.75 Å². The summed E-state index contributed by atoms with van der Waals surface area (Å²) in [6.07, 6.45) is 1.07. The lowest BCUT2D eigenvalue weighted by Crippen LogP contribution is -2.09. The van der Waals surface area contributed by atoms with E-state index in [1.807, 2.05) is 36.4 Å². The minimum absolute atomic E-state index is 0.0563. The van der Waals surface area contributed by atoms with Gasteiger partial charge in [0.15, 0.2) is 0 Å². The Labute approximate surface area is 140 Å². The molecule has 0 atom stereocenters. The van der Waals surface area contributed by atoms with Gasteiger partial charge in [-0.05, 0) is 17.7 Å². The number of carbonyl (C=O) groups is 2. The Bertz CT molecular complexity index is 734. The predicted molar refractivity (Wildman–Crippen MR) is 89.5 cm³/mol. The van der Waals surface area contributed by atoms with Gasteiger partial charge in [0.05, 0.1) is 13.5 Å². The van der Waals surface area contributed by atoms with Gasteiger partial charge < -0.3 is 14.6 Å². The maximum atomic E-state index is 11.7. The van der Waals surface area contributed by atoms with Crippen molar-refractivity contribution in [2.24, 2.45) is 0 Å². The van der Waals surface area contributed by atoms with Crippen LogP contribution in [-0.4, -0.2) is 24.2 Å². The molecule has 0 aromatic heterocycles. The molecular weight excluding hydrogens is 308 g/mol. The van der Waals surface area contributed by atoms with Crippen LogP contribution >= 0.6 is 0 Å². The smallest absolute Gasteiger partial charge is 0.334 e. The molecule has 124 valence electrons. The summed E-state index contributed by atoms with van der Waals surface area (Å²) in [7, 11) is 1.22. The van der Waals surface area contributed by atoms with E-state index < -0.39 is 18.4 Å². The lowest BCUT2D eigenvalue weighted by atomic mass is 10.1. The maximum absolute atomic E-state index is 11.7. The fourth-order valence-electron chi connectivity index (χ4n) is 2.13. The number of hydrogen-bond acceptors (Lipinski definition) is 4. The molecule has 5 nitrogen and oxygen atoms in total. The second-order valence-corrected chi connectivity index (χ2v) is 5.04. The molecule has 0 radical (unpaired) electrons. The van der Waals surface area contributed by atoms with Crippen LogP contribution in [0.25, 0.3) is 6.08 Å². The van der Waals surface area contributed by atoms with E-state index >= 15 is 0 Å². The minimum Gasteiger partial charge on any atom is -0.488 e. The summed E-state index contributed by atoms with van der Waals surface area (Å²) in [4.78, 5) is 22.7. The molecule has 24 heavy (non-hydrogen) atoms. The SMILES string of the molecule is COC(=O)C(=Cc1ccccc1OCc1ccccc1)CC(=O)O. The van der Waals surface area contributed by atoms with Crippen molar-refractivity contribution in [3.05, 3.63) is 71.3 Å². The number of aliphatic carboxylic acids is 1. The first-order valence-corrected chi connectivity index (χ1v) is 7.36. The molecule has 0 heterocycles. The van der Waals surface area contributed by atoms with Crippen LogP contribution in [0.5, 0.6) is 5.75 Å². The molecule has 0 aliphatic rings. The zero-order valence-corrected chi connectivity index (χ0v) is 13.3. The number of para-hydroxylation sites is 1. The van der Waals surface area contributed by atoms with Gasteiger partial charge in [0.2, 0.25) is 0 Å². The van der Waals surface area contributed by atoms with Crippen LogP contribution in [0.3, 0.4) is 0 Å². The summed E-state index contributed by atoms with van der Waals surface area (Å²) in [6.45, 7) is 0.373. The number of rotatable bonds is 7. The summed E-state index contributed by atoms with van der Waals surface area (Å²) >= 11 is 0. The van der Waals surface area contributed by atoms with E-state index in [1.54, 1.807) is 18.2 Å². The van der Waals surface area contributed by atoms with Crippen LogP contribution in [0.2, 0.25) is 0 Å². The van der Waals surface area contributed by atoms with E-state index in [9.17, 15) is 9.59 Å². The molecule has 5 heteroatoms. The zero-order valence-electron chi connectivity index (χ0n) is 13.3. The van der Waals surface area contributed by atoms with Crippen molar-refractivity contribution >= 4 is 18.0 Å². The highest BCUT2D eigenvalue weighted by molar-refractivity contribution is 5.98. The van der Waals surface area contributed by atoms with Crippen LogP contribution in [0.4, 0.5) is 0 Å². The molecule has 0 amide bonds. The molecule has 1 N–H and O–H groups in total. The predicted octanol–water partition coefficient (Wildman–Crippen LogP) is 3.30. The van der Waals surface area contributed by atoms with Gasteiger partial charge in [-0.15, -0.1) is 0 Å². The minimum atomic E-state index is -1.10. The quantitative estimate of drug-likeness (QED) is 0.624. The van der Waals surface area contributed by atoms with E-state index in [-0.39, 0.29) is 5.57 Å². The molecule has 0 spiro atoms. The third kappa shape index (κ3) is 4.98. The molecule has 0 bridgehead atoms. The number of carboxylic acids is 1. The molecule has 0 aliphatic heterocycles. The first kappa shape index (κ1) is 17.3. The summed E-state index contributed by atoms with van der Waals surface area (Å²) in [5, 5.41) is 8.95. The zero-order chi connectivity index (χ0) is 17.4. The number of ether oxygens (including phenoxy) is 2. The molecule has 0 aliphatic carbocycles. The van der Waals surface area contributed by atoms with Crippen molar-refractivity contribution in [1.29, 1.82) is 0 Å². The van der Waals surface area contributed by atoms with E-state index in [4.69, 9.17) is 9.84 Å². The lowest BCUT2D eigenvalue weighted by Gasteiger charge is -2.10. The molecule has 2 aromatic carbocycles. The van der Waals surface area contributed by atoms with E-state index in [1.165, 1.54) is 13.2 Å². The topological polar surface area (TPSA) is 72.8 Å². The van der Waals surface area contributed by atoms with Gasteiger partial charge in [0.1, 0.15) is 12.4 Å². The summed E-state index contributed by atoms with van der Waals surface area (Å²) in [5.41, 5.74) is 1.69. The summed E-state index contributed by atoms with van der Waals surface area (Å²) in [6, 6.07) is 16.8. The Balaban J connectivity index is 2.24. The average molecular weight is 326 g/mol. The van der Waals surface area contributed by atoms with Crippen molar-refractivity contribution in [1.82, 2.24) is 0 Å². The molecule has 0 saturated carbocycles. The molecule has 0 unspecified atom stereocenters. The van der Waals surface area contributed by atoms with Crippen LogP contribution in [0.1, 0.15) is 17.5 Å². The molecule has 0 fully saturated rings. The van der Waals surface area contributed by atoms with Crippen LogP contribution in [0.15, 0.2) is 60.2 Å². The first-order valence-electron chi connectivity index (χ1n) is 7.36. The first-order chi connectivity index (χ1) is 11.6. The van der Waals surface area contributed by atoms with Crippen molar-refractivity contribution in [3.63, 3.8) is 0 Å². The number of carbonyl (C=O) groups excluding carboxylic acids is 1. The van der Waals surface area contributed by atoms with E-state index in [0.29, 0.717) is 17.9 Å². The van der Waals surface area contributed by atoms with Crippen molar-refractivity contribution in [2.75, 3.05) is 7.11 Å². The normalized spacial score (nSPS) is 11.0. The molecule has 2 aromatic rings. The Morgan fingerprint density at radius 1 is 1.04 bits per heavy atom.